The Balaban J connectivity index is 1.85. The Morgan fingerprint density at radius 1 is 1.19 bits per heavy atom. The number of hydrogen-bond donors (Lipinski definition) is 1. The lowest BCUT2D eigenvalue weighted by Gasteiger charge is -2.21. The maximum Gasteiger partial charge on any atom is 0.329 e. The van der Waals surface area contributed by atoms with Crippen LogP contribution in [0.4, 0.5) is 10.5 Å². The third-order valence-electron chi connectivity index (χ3n) is 4.81. The van der Waals surface area contributed by atoms with E-state index in [4.69, 9.17) is 0 Å². The third-order valence-corrected chi connectivity index (χ3v) is 4.81. The second-order valence-corrected chi connectivity index (χ2v) is 6.65. The summed E-state index contributed by atoms with van der Waals surface area (Å²) in [6, 6.07) is 3.54. The zero-order valence-electron chi connectivity index (χ0n) is 15.3. The quantitative estimate of drug-likeness (QED) is 0.506. The topological polar surface area (TPSA) is 79.0 Å². The first-order chi connectivity index (χ1) is 12.4. The second kappa shape index (κ2) is 7.19. The van der Waals surface area contributed by atoms with Gasteiger partial charge in [-0.25, -0.2) is 9.69 Å². The number of nitrogens with zero attached hydrogens (tertiary/aromatic N) is 2. The molecule has 0 bridgehead atoms. The van der Waals surface area contributed by atoms with Crippen molar-refractivity contribution in [1.29, 1.82) is 0 Å². The number of hydrogen-bond acceptors (Lipinski definition) is 5. The largest absolute Gasteiger partial charge is 0.468 e. The number of carbonyl (C=O) groups excluding carboxylic acids is 3. The summed E-state index contributed by atoms with van der Waals surface area (Å²) >= 11 is 0. The molecule has 0 aromatic heterocycles. The fourth-order valence-electron chi connectivity index (χ4n) is 3.34. The summed E-state index contributed by atoms with van der Waals surface area (Å²) in [6.07, 6.45) is 4.08. The van der Waals surface area contributed by atoms with Gasteiger partial charge in [-0.05, 0) is 61.6 Å². The Labute approximate surface area is 152 Å². The molecule has 0 radical (unpaired) electrons. The van der Waals surface area contributed by atoms with E-state index in [9.17, 15) is 14.4 Å². The van der Waals surface area contributed by atoms with Gasteiger partial charge in [0.05, 0.1) is 7.11 Å². The number of carbonyl (C=O) groups is 3. The number of nitrogens with one attached hydrogen (secondary N) is 1. The number of anilines is 1. The molecule has 1 aromatic carbocycles. The number of esters is 1. The predicted octanol–water partition coefficient (Wildman–Crippen LogP) is 1.97. The molecule has 2 heterocycles. The average molecular weight is 357 g/mol. The minimum Gasteiger partial charge on any atom is -0.468 e. The van der Waals surface area contributed by atoms with Crippen LogP contribution in [0.2, 0.25) is 0 Å². The number of aryl methyl sites for hydroxylation is 2. The maximum atomic E-state index is 12.4. The zero-order chi connectivity index (χ0) is 18.8. The molecule has 3 rings (SSSR count). The molecule has 0 aliphatic carbocycles. The van der Waals surface area contributed by atoms with Crippen LogP contribution in [0, 0.1) is 13.8 Å². The van der Waals surface area contributed by atoms with Gasteiger partial charge in [0, 0.05) is 18.8 Å². The fraction of sp³-hybridized carbons (Fsp3) is 0.421. The van der Waals surface area contributed by atoms with Crippen molar-refractivity contribution in [3.8, 4) is 0 Å². The summed E-state index contributed by atoms with van der Waals surface area (Å²) < 4.78 is 4.52. The summed E-state index contributed by atoms with van der Waals surface area (Å²) in [6.45, 7) is 5.77. The first kappa shape index (κ1) is 18.0. The predicted molar refractivity (Wildman–Crippen MR) is 97.6 cm³/mol. The highest BCUT2D eigenvalue weighted by Crippen LogP contribution is 2.28. The molecular formula is C19H23N3O4. The monoisotopic (exact) mass is 357 g/mol. The molecule has 7 heteroatoms. The number of rotatable bonds is 4. The molecule has 0 spiro atoms. The Morgan fingerprint density at radius 3 is 2.54 bits per heavy atom. The van der Waals surface area contributed by atoms with Crippen LogP contribution in [-0.4, -0.2) is 49.6 Å². The molecule has 1 N–H and O–H groups in total. The van der Waals surface area contributed by atoms with Gasteiger partial charge in [-0.2, -0.15) is 0 Å². The molecule has 138 valence electrons. The van der Waals surface area contributed by atoms with Gasteiger partial charge in [0.2, 0.25) is 0 Å². The number of amides is 3. The van der Waals surface area contributed by atoms with Crippen molar-refractivity contribution >= 4 is 29.7 Å². The van der Waals surface area contributed by atoms with Gasteiger partial charge in [0.25, 0.3) is 5.91 Å². The van der Waals surface area contributed by atoms with E-state index in [0.29, 0.717) is 0 Å². The molecule has 0 atom stereocenters. The number of ether oxygens (including phenoxy) is 1. The summed E-state index contributed by atoms with van der Waals surface area (Å²) in [7, 11) is 1.21. The molecule has 2 aliphatic heterocycles. The summed E-state index contributed by atoms with van der Waals surface area (Å²) in [5.41, 5.74) is 4.41. The SMILES string of the molecule is COC(=O)CN1C(=O)N/C(=C/c2cc(C)c(N3CCCC3)cc2C)C1=O. The van der Waals surface area contributed by atoms with E-state index < -0.39 is 24.5 Å². The van der Waals surface area contributed by atoms with Crippen molar-refractivity contribution in [2.75, 3.05) is 31.6 Å². The zero-order valence-corrected chi connectivity index (χ0v) is 15.3. The van der Waals surface area contributed by atoms with Crippen molar-refractivity contribution in [2.24, 2.45) is 0 Å². The van der Waals surface area contributed by atoms with Gasteiger partial charge in [-0.15, -0.1) is 0 Å². The highest BCUT2D eigenvalue weighted by molar-refractivity contribution is 6.15. The van der Waals surface area contributed by atoms with Gasteiger partial charge in [-0.3, -0.25) is 9.59 Å². The normalized spacial score (nSPS) is 18.7. The number of urea groups is 1. The van der Waals surface area contributed by atoms with E-state index in [2.05, 4.69) is 21.0 Å². The molecule has 0 saturated carbocycles. The van der Waals surface area contributed by atoms with Gasteiger partial charge >= 0.3 is 12.0 Å². The third kappa shape index (κ3) is 3.42. The van der Waals surface area contributed by atoms with Gasteiger partial charge < -0.3 is 15.0 Å². The average Bonchev–Trinajstić information content (AvgIpc) is 3.22. The molecule has 7 nitrogen and oxygen atoms in total. The minimum atomic E-state index is -0.642. The first-order valence-electron chi connectivity index (χ1n) is 8.68. The van der Waals surface area contributed by atoms with Crippen LogP contribution in [0.1, 0.15) is 29.5 Å². The summed E-state index contributed by atoms with van der Waals surface area (Å²) in [4.78, 5) is 38.9. The van der Waals surface area contributed by atoms with Crippen molar-refractivity contribution in [3.63, 3.8) is 0 Å². The Morgan fingerprint density at radius 2 is 1.88 bits per heavy atom. The van der Waals surface area contributed by atoms with E-state index in [1.54, 1.807) is 6.08 Å². The van der Waals surface area contributed by atoms with Crippen LogP contribution in [0.15, 0.2) is 17.8 Å². The van der Waals surface area contributed by atoms with Crippen LogP contribution in [-0.2, 0) is 14.3 Å². The van der Waals surface area contributed by atoms with E-state index in [0.717, 1.165) is 34.7 Å². The minimum absolute atomic E-state index is 0.162. The first-order valence-corrected chi connectivity index (χ1v) is 8.68. The van der Waals surface area contributed by atoms with E-state index >= 15 is 0 Å². The lowest BCUT2D eigenvalue weighted by Crippen LogP contribution is -2.36. The van der Waals surface area contributed by atoms with Gasteiger partial charge in [-0.1, -0.05) is 0 Å². The second-order valence-electron chi connectivity index (χ2n) is 6.65. The Hall–Kier alpha value is -2.83. The molecule has 2 saturated heterocycles. The molecule has 2 aliphatic rings. The molecular weight excluding hydrogens is 334 g/mol. The van der Waals surface area contributed by atoms with Crippen molar-refractivity contribution in [3.05, 3.63) is 34.5 Å². The maximum absolute atomic E-state index is 12.4. The molecule has 0 unspecified atom stereocenters. The van der Waals surface area contributed by atoms with Crippen molar-refractivity contribution in [1.82, 2.24) is 10.2 Å². The summed E-state index contributed by atoms with van der Waals surface area (Å²) in [5.74, 6) is -1.17. The lowest BCUT2D eigenvalue weighted by molar-refractivity contribution is -0.143. The van der Waals surface area contributed by atoms with Crippen LogP contribution < -0.4 is 10.2 Å². The Kier molecular flexibility index (Phi) is 4.97. The van der Waals surface area contributed by atoms with Crippen LogP contribution in [0.5, 0.6) is 0 Å². The van der Waals surface area contributed by atoms with Crippen LogP contribution in [0.3, 0.4) is 0 Å². The van der Waals surface area contributed by atoms with Gasteiger partial charge in [0.15, 0.2) is 0 Å². The Bertz CT molecular complexity index is 794. The standard InChI is InChI=1S/C19H23N3O4/c1-12-9-16(21-6-4-5-7-21)13(2)8-14(12)10-15-18(24)22(19(25)20-15)11-17(23)26-3/h8-10H,4-7,11H2,1-3H3,(H,20,25)/b15-10+. The number of imide groups is 1. The smallest absolute Gasteiger partial charge is 0.329 e. The lowest BCUT2D eigenvalue weighted by atomic mass is 10.0. The highest BCUT2D eigenvalue weighted by atomic mass is 16.5. The van der Waals surface area contributed by atoms with Crippen LogP contribution >= 0.6 is 0 Å². The molecule has 3 amide bonds. The van der Waals surface area contributed by atoms with Crippen LogP contribution in [0.25, 0.3) is 6.08 Å². The molecule has 1 aromatic rings. The molecule has 26 heavy (non-hydrogen) atoms. The van der Waals surface area contributed by atoms with E-state index in [-0.39, 0.29) is 5.70 Å². The number of benzene rings is 1. The van der Waals surface area contributed by atoms with Crippen molar-refractivity contribution in [2.45, 2.75) is 26.7 Å². The van der Waals surface area contributed by atoms with E-state index in [1.807, 2.05) is 19.9 Å². The van der Waals surface area contributed by atoms with Crippen molar-refractivity contribution < 1.29 is 19.1 Å². The highest BCUT2D eigenvalue weighted by Gasteiger charge is 2.35. The fourth-order valence-corrected chi connectivity index (χ4v) is 3.34. The summed E-state index contributed by atoms with van der Waals surface area (Å²) in [5, 5.41) is 2.53. The number of methoxy groups -OCH3 is 1. The van der Waals surface area contributed by atoms with Gasteiger partial charge in [0.1, 0.15) is 12.2 Å². The van der Waals surface area contributed by atoms with E-state index in [1.165, 1.54) is 25.6 Å². The molecule has 2 fully saturated rings.